The van der Waals surface area contributed by atoms with E-state index < -0.39 is 0 Å². The maximum absolute atomic E-state index is 12.9. The first kappa shape index (κ1) is 14.0. The summed E-state index contributed by atoms with van der Waals surface area (Å²) in [6.07, 6.45) is 1.67. The molecule has 110 valence electrons. The van der Waals surface area contributed by atoms with E-state index in [0.29, 0.717) is 12.5 Å². The first-order valence-corrected chi connectivity index (χ1v) is 6.93. The maximum atomic E-state index is 12.9. The molecular weight excluding hydrogens is 279 g/mol. The molecule has 0 bridgehead atoms. The molecule has 0 radical (unpaired) electrons. The molecular formula is C17H15FN4. The predicted octanol–water partition coefficient (Wildman–Crippen LogP) is 3.97. The Kier molecular flexibility index (Phi) is 4.25. The summed E-state index contributed by atoms with van der Waals surface area (Å²) in [6, 6.07) is 17.9. The smallest absolute Gasteiger partial charge is 0.229 e. The molecule has 0 fully saturated rings. The lowest BCUT2D eigenvalue weighted by Gasteiger charge is -2.08. The minimum Gasteiger partial charge on any atom is -0.366 e. The zero-order valence-electron chi connectivity index (χ0n) is 11.8. The Balaban J connectivity index is 1.66. The van der Waals surface area contributed by atoms with Crippen molar-refractivity contribution in [1.82, 2.24) is 9.97 Å². The van der Waals surface area contributed by atoms with Crippen LogP contribution in [0.1, 0.15) is 5.56 Å². The number of nitrogens with one attached hydrogen (secondary N) is 2. The van der Waals surface area contributed by atoms with Crippen molar-refractivity contribution in [1.29, 1.82) is 0 Å². The quantitative estimate of drug-likeness (QED) is 0.747. The van der Waals surface area contributed by atoms with Crippen LogP contribution in [0.4, 0.5) is 21.8 Å². The molecule has 0 saturated heterocycles. The lowest BCUT2D eigenvalue weighted by molar-refractivity contribution is 0.628. The van der Waals surface area contributed by atoms with Crippen LogP contribution in [-0.4, -0.2) is 9.97 Å². The fourth-order valence-corrected chi connectivity index (χ4v) is 1.97. The molecule has 3 rings (SSSR count). The average Bonchev–Trinajstić information content (AvgIpc) is 2.57. The normalized spacial score (nSPS) is 10.2. The summed E-state index contributed by atoms with van der Waals surface area (Å²) in [6.45, 7) is 0.688. The maximum Gasteiger partial charge on any atom is 0.229 e. The van der Waals surface area contributed by atoms with Gasteiger partial charge in [-0.3, -0.25) is 0 Å². The van der Waals surface area contributed by atoms with Crippen LogP contribution in [0.25, 0.3) is 0 Å². The van der Waals surface area contributed by atoms with Crippen LogP contribution >= 0.6 is 0 Å². The topological polar surface area (TPSA) is 49.8 Å². The molecule has 0 aliphatic rings. The van der Waals surface area contributed by atoms with Crippen LogP contribution in [0.2, 0.25) is 0 Å². The van der Waals surface area contributed by atoms with Crippen LogP contribution in [0.5, 0.6) is 0 Å². The van der Waals surface area contributed by atoms with Crippen molar-refractivity contribution in [3.8, 4) is 0 Å². The van der Waals surface area contributed by atoms with E-state index in [1.807, 2.05) is 30.3 Å². The molecule has 2 aromatic carbocycles. The molecule has 4 nitrogen and oxygen atoms in total. The molecule has 2 N–H and O–H groups in total. The average molecular weight is 294 g/mol. The van der Waals surface area contributed by atoms with Crippen LogP contribution in [0.15, 0.2) is 66.9 Å². The van der Waals surface area contributed by atoms with Gasteiger partial charge < -0.3 is 10.6 Å². The van der Waals surface area contributed by atoms with Crippen molar-refractivity contribution in [2.24, 2.45) is 0 Å². The number of rotatable bonds is 5. The third kappa shape index (κ3) is 3.79. The highest BCUT2D eigenvalue weighted by Gasteiger charge is 2.01. The zero-order chi connectivity index (χ0) is 15.2. The van der Waals surface area contributed by atoms with Gasteiger partial charge >= 0.3 is 0 Å². The van der Waals surface area contributed by atoms with E-state index in [1.165, 1.54) is 17.7 Å². The zero-order valence-corrected chi connectivity index (χ0v) is 11.8. The van der Waals surface area contributed by atoms with E-state index >= 15 is 0 Å². The van der Waals surface area contributed by atoms with Crippen molar-refractivity contribution < 1.29 is 4.39 Å². The molecule has 0 spiro atoms. The van der Waals surface area contributed by atoms with E-state index in [-0.39, 0.29) is 5.82 Å². The molecule has 0 atom stereocenters. The highest BCUT2D eigenvalue weighted by Crippen LogP contribution is 2.15. The van der Waals surface area contributed by atoms with Gasteiger partial charge in [0.2, 0.25) is 5.95 Å². The number of anilines is 3. The molecule has 0 amide bonds. The molecule has 5 heteroatoms. The Labute approximate surface area is 128 Å². The third-order valence-electron chi connectivity index (χ3n) is 3.07. The van der Waals surface area contributed by atoms with Crippen LogP contribution in [-0.2, 0) is 6.54 Å². The Morgan fingerprint density at radius 1 is 0.909 bits per heavy atom. The summed E-state index contributed by atoms with van der Waals surface area (Å²) in [5, 5.41) is 6.29. The molecule has 22 heavy (non-hydrogen) atoms. The summed E-state index contributed by atoms with van der Waals surface area (Å²) < 4.78 is 12.9. The van der Waals surface area contributed by atoms with Crippen LogP contribution < -0.4 is 10.6 Å². The minimum absolute atomic E-state index is 0.273. The highest BCUT2D eigenvalue weighted by atomic mass is 19.1. The predicted molar refractivity (Wildman–Crippen MR) is 85.5 cm³/mol. The van der Waals surface area contributed by atoms with Crippen molar-refractivity contribution in [2.75, 3.05) is 10.6 Å². The minimum atomic E-state index is -0.273. The standard InChI is InChI=1S/C17H15FN4/c18-14-6-8-15(9-7-14)21-17-19-11-10-16(22-17)20-12-13-4-2-1-3-5-13/h1-11H,12H2,(H2,19,20,21,22). The number of hydrogen-bond acceptors (Lipinski definition) is 4. The molecule has 0 aliphatic carbocycles. The molecule has 1 aromatic heterocycles. The molecule has 0 unspecified atom stereocenters. The summed E-state index contributed by atoms with van der Waals surface area (Å²) >= 11 is 0. The third-order valence-corrected chi connectivity index (χ3v) is 3.07. The van der Waals surface area contributed by atoms with Gasteiger partial charge in [-0.1, -0.05) is 30.3 Å². The second-order valence-corrected chi connectivity index (χ2v) is 4.74. The molecule has 3 aromatic rings. The van der Waals surface area contributed by atoms with E-state index in [4.69, 9.17) is 0 Å². The van der Waals surface area contributed by atoms with Gasteiger partial charge in [0.25, 0.3) is 0 Å². The van der Waals surface area contributed by atoms with Crippen molar-refractivity contribution >= 4 is 17.5 Å². The van der Waals surface area contributed by atoms with Crippen LogP contribution in [0, 0.1) is 5.82 Å². The van der Waals surface area contributed by atoms with Gasteiger partial charge in [0.05, 0.1) is 0 Å². The monoisotopic (exact) mass is 294 g/mol. The van der Waals surface area contributed by atoms with Gasteiger partial charge in [-0.05, 0) is 35.9 Å². The number of hydrogen-bond donors (Lipinski definition) is 2. The van der Waals surface area contributed by atoms with Gasteiger partial charge in [-0.2, -0.15) is 4.98 Å². The van der Waals surface area contributed by atoms with Gasteiger partial charge in [-0.25, -0.2) is 9.37 Å². The first-order chi connectivity index (χ1) is 10.8. The second-order valence-electron chi connectivity index (χ2n) is 4.74. The van der Waals surface area contributed by atoms with Gasteiger partial charge in [0.15, 0.2) is 0 Å². The Bertz CT molecular complexity index is 729. The lowest BCUT2D eigenvalue weighted by Crippen LogP contribution is -2.04. The van der Waals surface area contributed by atoms with E-state index in [2.05, 4.69) is 20.6 Å². The molecule has 0 saturated carbocycles. The first-order valence-electron chi connectivity index (χ1n) is 6.93. The van der Waals surface area contributed by atoms with Crippen LogP contribution in [0.3, 0.4) is 0 Å². The second kappa shape index (κ2) is 6.67. The van der Waals surface area contributed by atoms with E-state index in [1.54, 1.807) is 24.4 Å². The summed E-state index contributed by atoms with van der Waals surface area (Å²) in [5.74, 6) is 0.915. The van der Waals surface area contributed by atoms with Gasteiger partial charge in [-0.15, -0.1) is 0 Å². The number of halogens is 1. The highest BCUT2D eigenvalue weighted by molar-refractivity contribution is 5.54. The summed E-state index contributed by atoms with van der Waals surface area (Å²) in [5.41, 5.74) is 1.91. The fourth-order valence-electron chi connectivity index (χ4n) is 1.97. The molecule has 0 aliphatic heterocycles. The summed E-state index contributed by atoms with van der Waals surface area (Å²) in [7, 11) is 0. The largest absolute Gasteiger partial charge is 0.366 e. The van der Waals surface area contributed by atoms with Gasteiger partial charge in [0.1, 0.15) is 11.6 Å². The van der Waals surface area contributed by atoms with E-state index in [0.717, 1.165) is 11.5 Å². The Morgan fingerprint density at radius 2 is 1.68 bits per heavy atom. The van der Waals surface area contributed by atoms with Crippen molar-refractivity contribution in [2.45, 2.75) is 6.54 Å². The number of nitrogens with zero attached hydrogens (tertiary/aromatic N) is 2. The molecule has 1 heterocycles. The number of benzene rings is 2. The lowest BCUT2D eigenvalue weighted by atomic mass is 10.2. The van der Waals surface area contributed by atoms with Gasteiger partial charge in [0, 0.05) is 18.4 Å². The van der Waals surface area contributed by atoms with Crippen molar-refractivity contribution in [3.63, 3.8) is 0 Å². The Hall–Kier alpha value is -2.95. The summed E-state index contributed by atoms with van der Waals surface area (Å²) in [4.78, 5) is 8.53. The van der Waals surface area contributed by atoms with E-state index in [9.17, 15) is 4.39 Å². The Morgan fingerprint density at radius 3 is 2.45 bits per heavy atom. The van der Waals surface area contributed by atoms with Crippen molar-refractivity contribution in [3.05, 3.63) is 78.2 Å². The SMILES string of the molecule is Fc1ccc(Nc2nccc(NCc3ccccc3)n2)cc1. The fraction of sp³-hybridized carbons (Fsp3) is 0.0588. The number of aromatic nitrogens is 2.